The van der Waals surface area contributed by atoms with Gasteiger partial charge in [-0.15, -0.1) is 24.0 Å². The van der Waals surface area contributed by atoms with Crippen molar-refractivity contribution in [2.24, 2.45) is 10.7 Å². The van der Waals surface area contributed by atoms with Crippen molar-refractivity contribution in [2.45, 2.75) is 13.5 Å². The summed E-state index contributed by atoms with van der Waals surface area (Å²) in [4.78, 5) is 6.61. The van der Waals surface area contributed by atoms with E-state index in [1.165, 1.54) is 11.1 Å². The van der Waals surface area contributed by atoms with Crippen LogP contribution in [0.1, 0.15) is 11.1 Å². The number of hydrogen-bond acceptors (Lipinski definition) is 2. The second-order valence-corrected chi connectivity index (χ2v) is 5.48. The molecular formula is C18H25IN4. The summed E-state index contributed by atoms with van der Waals surface area (Å²) in [5.74, 6) is 0.457. The highest BCUT2D eigenvalue weighted by Crippen LogP contribution is 2.08. The molecule has 124 valence electrons. The predicted molar refractivity (Wildman–Crippen MR) is 109 cm³/mol. The molecule has 0 saturated heterocycles. The zero-order valence-electron chi connectivity index (χ0n) is 13.7. The molecule has 0 saturated carbocycles. The summed E-state index contributed by atoms with van der Waals surface area (Å²) in [5.41, 5.74) is 9.39. The molecular weight excluding hydrogens is 399 g/mol. The van der Waals surface area contributed by atoms with E-state index < -0.39 is 0 Å². The lowest BCUT2D eigenvalue weighted by Crippen LogP contribution is -2.26. The van der Waals surface area contributed by atoms with Gasteiger partial charge in [-0.25, -0.2) is 0 Å². The summed E-state index contributed by atoms with van der Waals surface area (Å²) in [6.07, 6.45) is 0. The predicted octanol–water partition coefficient (Wildman–Crippen LogP) is 3.47. The van der Waals surface area contributed by atoms with Gasteiger partial charge in [-0.05, 0) is 37.2 Å². The number of guanidine groups is 1. The Balaban J connectivity index is 0.00000264. The molecule has 0 fully saturated rings. The van der Waals surface area contributed by atoms with Crippen molar-refractivity contribution in [3.63, 3.8) is 0 Å². The molecule has 4 nitrogen and oxygen atoms in total. The quantitative estimate of drug-likeness (QED) is 0.424. The van der Waals surface area contributed by atoms with Gasteiger partial charge in [-0.1, -0.05) is 42.5 Å². The molecule has 0 spiro atoms. The molecule has 2 aromatic rings. The number of likely N-dealkylation sites (N-methyl/N-ethyl adjacent to an activating group) is 1. The zero-order valence-corrected chi connectivity index (χ0v) is 16.0. The maximum absolute atomic E-state index is 5.91. The Labute approximate surface area is 155 Å². The van der Waals surface area contributed by atoms with Gasteiger partial charge in [0.15, 0.2) is 5.96 Å². The van der Waals surface area contributed by atoms with Crippen molar-refractivity contribution in [1.29, 1.82) is 0 Å². The van der Waals surface area contributed by atoms with Crippen LogP contribution in [-0.2, 0) is 6.54 Å². The van der Waals surface area contributed by atoms with Crippen molar-refractivity contribution in [1.82, 2.24) is 4.90 Å². The molecule has 2 aromatic carbocycles. The summed E-state index contributed by atoms with van der Waals surface area (Å²) in [6.45, 7) is 4.51. The zero-order chi connectivity index (χ0) is 15.8. The van der Waals surface area contributed by atoms with Crippen molar-refractivity contribution in [3.8, 4) is 0 Å². The summed E-state index contributed by atoms with van der Waals surface area (Å²) in [7, 11) is 2.09. The summed E-state index contributed by atoms with van der Waals surface area (Å²) in [6, 6.07) is 18.5. The van der Waals surface area contributed by atoms with Crippen LogP contribution in [0.15, 0.2) is 59.6 Å². The van der Waals surface area contributed by atoms with E-state index in [0.29, 0.717) is 12.5 Å². The molecule has 3 N–H and O–H groups in total. The maximum atomic E-state index is 5.91. The van der Waals surface area contributed by atoms with Gasteiger partial charge in [0.25, 0.3) is 0 Å². The van der Waals surface area contributed by atoms with Crippen LogP contribution in [0.3, 0.4) is 0 Å². The van der Waals surface area contributed by atoms with Gasteiger partial charge in [-0.2, -0.15) is 0 Å². The molecule has 2 rings (SSSR count). The van der Waals surface area contributed by atoms with Crippen LogP contribution in [0.25, 0.3) is 0 Å². The van der Waals surface area contributed by atoms with Crippen LogP contribution in [0.2, 0.25) is 0 Å². The summed E-state index contributed by atoms with van der Waals surface area (Å²) in [5, 5.41) is 3.12. The van der Waals surface area contributed by atoms with Crippen LogP contribution in [0.5, 0.6) is 0 Å². The minimum atomic E-state index is 0. The van der Waals surface area contributed by atoms with E-state index >= 15 is 0 Å². The number of aliphatic imine (C=N–C) groups is 1. The van der Waals surface area contributed by atoms with E-state index in [1.807, 2.05) is 24.3 Å². The normalized spacial score (nSPS) is 11.2. The first-order valence-electron chi connectivity index (χ1n) is 7.49. The second-order valence-electron chi connectivity index (χ2n) is 5.48. The molecule has 0 atom stereocenters. The van der Waals surface area contributed by atoms with E-state index in [1.54, 1.807) is 0 Å². The van der Waals surface area contributed by atoms with Crippen molar-refractivity contribution < 1.29 is 0 Å². The van der Waals surface area contributed by atoms with E-state index in [4.69, 9.17) is 5.73 Å². The molecule has 0 heterocycles. The molecule has 0 radical (unpaired) electrons. The van der Waals surface area contributed by atoms with E-state index in [2.05, 4.69) is 59.5 Å². The van der Waals surface area contributed by atoms with Gasteiger partial charge in [0, 0.05) is 18.8 Å². The molecule has 0 amide bonds. The van der Waals surface area contributed by atoms with E-state index in [0.717, 1.165) is 18.8 Å². The van der Waals surface area contributed by atoms with Crippen LogP contribution >= 0.6 is 24.0 Å². The van der Waals surface area contributed by atoms with Gasteiger partial charge in [-0.3, -0.25) is 4.99 Å². The first-order valence-corrected chi connectivity index (χ1v) is 7.49. The topological polar surface area (TPSA) is 53.6 Å². The Morgan fingerprint density at radius 1 is 1.13 bits per heavy atom. The lowest BCUT2D eigenvalue weighted by atomic mass is 10.2. The highest BCUT2D eigenvalue weighted by Gasteiger charge is 2.00. The molecule has 0 bridgehead atoms. The van der Waals surface area contributed by atoms with Gasteiger partial charge in [0.2, 0.25) is 0 Å². The minimum Gasteiger partial charge on any atom is -0.370 e. The van der Waals surface area contributed by atoms with Crippen molar-refractivity contribution >= 4 is 35.6 Å². The second kappa shape index (κ2) is 10.2. The van der Waals surface area contributed by atoms with Gasteiger partial charge in [0.05, 0.1) is 6.54 Å². The first-order chi connectivity index (χ1) is 10.6. The smallest absolute Gasteiger partial charge is 0.193 e. The Kier molecular flexibility index (Phi) is 8.65. The number of nitrogens with zero attached hydrogens (tertiary/aromatic N) is 2. The van der Waals surface area contributed by atoms with Gasteiger partial charge >= 0.3 is 0 Å². The molecule has 5 heteroatoms. The van der Waals surface area contributed by atoms with Crippen LogP contribution in [-0.4, -0.2) is 31.0 Å². The number of benzene rings is 2. The molecule has 0 aliphatic rings. The number of aryl methyl sites for hydroxylation is 1. The lowest BCUT2D eigenvalue weighted by molar-refractivity contribution is 0.336. The number of nitrogens with one attached hydrogen (secondary N) is 1. The molecule has 0 unspecified atom stereocenters. The van der Waals surface area contributed by atoms with Crippen LogP contribution in [0.4, 0.5) is 5.69 Å². The number of rotatable bonds is 6. The molecule has 23 heavy (non-hydrogen) atoms. The minimum absolute atomic E-state index is 0. The third-order valence-corrected chi connectivity index (χ3v) is 3.35. The Hall–Kier alpha value is -1.60. The van der Waals surface area contributed by atoms with E-state index in [9.17, 15) is 0 Å². The van der Waals surface area contributed by atoms with Gasteiger partial charge < -0.3 is 16.0 Å². The fourth-order valence-corrected chi connectivity index (χ4v) is 2.23. The fourth-order valence-electron chi connectivity index (χ4n) is 2.23. The number of halogens is 1. The van der Waals surface area contributed by atoms with Crippen molar-refractivity contribution in [3.05, 3.63) is 65.7 Å². The third-order valence-electron chi connectivity index (χ3n) is 3.35. The highest BCUT2D eigenvalue weighted by molar-refractivity contribution is 14.0. The molecule has 0 aliphatic carbocycles. The number of nitrogens with two attached hydrogens (primary N) is 1. The highest BCUT2D eigenvalue weighted by atomic mass is 127. The Morgan fingerprint density at radius 2 is 1.87 bits per heavy atom. The summed E-state index contributed by atoms with van der Waals surface area (Å²) >= 11 is 0. The first kappa shape index (κ1) is 19.4. The summed E-state index contributed by atoms with van der Waals surface area (Å²) < 4.78 is 0. The van der Waals surface area contributed by atoms with Crippen LogP contribution < -0.4 is 11.1 Å². The Bertz CT molecular complexity index is 613. The third kappa shape index (κ3) is 7.47. The largest absolute Gasteiger partial charge is 0.370 e. The van der Waals surface area contributed by atoms with E-state index in [-0.39, 0.29) is 24.0 Å². The SMILES string of the molecule is Cc1cccc(NC(N)=NCCN(C)Cc2ccccc2)c1.I. The average Bonchev–Trinajstić information content (AvgIpc) is 2.48. The van der Waals surface area contributed by atoms with Crippen molar-refractivity contribution in [2.75, 3.05) is 25.5 Å². The van der Waals surface area contributed by atoms with Crippen LogP contribution in [0, 0.1) is 6.92 Å². The molecule has 0 aliphatic heterocycles. The average molecular weight is 424 g/mol. The monoisotopic (exact) mass is 424 g/mol. The number of hydrogen-bond donors (Lipinski definition) is 2. The molecule has 0 aromatic heterocycles. The van der Waals surface area contributed by atoms with Gasteiger partial charge in [0.1, 0.15) is 0 Å². The fraction of sp³-hybridized carbons (Fsp3) is 0.278. The maximum Gasteiger partial charge on any atom is 0.193 e. The standard InChI is InChI=1S/C18H24N4.HI/c1-15-7-6-10-17(13-15)21-18(19)20-11-12-22(2)14-16-8-4-3-5-9-16;/h3-10,13H,11-12,14H2,1-2H3,(H3,19,20,21);1H. The number of anilines is 1. The lowest BCUT2D eigenvalue weighted by Gasteiger charge is -2.15. The Morgan fingerprint density at radius 3 is 2.57 bits per heavy atom.